The van der Waals surface area contributed by atoms with Crippen LogP contribution in [0, 0.1) is 0 Å². The molecule has 0 bridgehead atoms. The Labute approximate surface area is 161 Å². The second kappa shape index (κ2) is 8.21. The molecule has 1 fully saturated rings. The lowest BCUT2D eigenvalue weighted by Crippen LogP contribution is -2.28. The quantitative estimate of drug-likeness (QED) is 0.774. The van der Waals surface area contributed by atoms with Gasteiger partial charge in [-0.15, -0.1) is 0 Å². The van der Waals surface area contributed by atoms with Crippen LogP contribution in [0.4, 0.5) is 0 Å². The van der Waals surface area contributed by atoms with E-state index in [2.05, 4.69) is 21.4 Å². The summed E-state index contributed by atoms with van der Waals surface area (Å²) in [5, 5.41) is 0. The first kappa shape index (κ1) is 18.2. The van der Waals surface area contributed by atoms with Gasteiger partial charge in [0.2, 0.25) is 0 Å². The zero-order valence-corrected chi connectivity index (χ0v) is 16.3. The van der Waals surface area contributed by atoms with Crippen molar-refractivity contribution in [1.82, 2.24) is 14.5 Å². The highest BCUT2D eigenvalue weighted by molar-refractivity contribution is 5.72. The van der Waals surface area contributed by atoms with Crippen molar-refractivity contribution in [1.29, 1.82) is 0 Å². The van der Waals surface area contributed by atoms with Gasteiger partial charge in [-0.2, -0.15) is 0 Å². The molecule has 2 aliphatic rings. The molecule has 0 N–H and O–H groups in total. The lowest BCUT2D eigenvalue weighted by molar-refractivity contribution is 0.273. The zero-order chi connectivity index (χ0) is 18.6. The van der Waals surface area contributed by atoms with Crippen molar-refractivity contribution < 1.29 is 14.2 Å². The van der Waals surface area contributed by atoms with Gasteiger partial charge >= 0.3 is 0 Å². The Morgan fingerprint density at radius 2 is 1.85 bits per heavy atom. The van der Waals surface area contributed by atoms with Crippen LogP contribution in [0.5, 0.6) is 17.2 Å². The van der Waals surface area contributed by atoms with Crippen LogP contribution in [0.2, 0.25) is 0 Å². The van der Waals surface area contributed by atoms with Crippen molar-refractivity contribution in [3.05, 3.63) is 24.7 Å². The molecule has 6 nitrogen and oxygen atoms in total. The van der Waals surface area contributed by atoms with E-state index in [9.17, 15) is 0 Å². The minimum atomic E-state index is 0.390. The van der Waals surface area contributed by atoms with Gasteiger partial charge in [-0.25, -0.2) is 4.98 Å². The number of nitrogens with zero attached hydrogens (tertiary/aromatic N) is 3. The maximum atomic E-state index is 5.90. The van der Waals surface area contributed by atoms with Crippen LogP contribution >= 0.6 is 0 Å². The van der Waals surface area contributed by atoms with Gasteiger partial charge in [0.1, 0.15) is 5.75 Å². The van der Waals surface area contributed by atoms with E-state index in [0.29, 0.717) is 19.3 Å². The summed E-state index contributed by atoms with van der Waals surface area (Å²) < 4.78 is 19.7. The first-order valence-corrected chi connectivity index (χ1v) is 10.0. The molecule has 146 valence electrons. The molecule has 0 spiro atoms. The Morgan fingerprint density at radius 3 is 2.56 bits per heavy atom. The molecule has 1 atom stereocenters. The molecule has 1 aromatic heterocycles. The van der Waals surface area contributed by atoms with Crippen molar-refractivity contribution in [2.24, 2.45) is 0 Å². The number of benzene rings is 1. The second-order valence-corrected chi connectivity index (χ2v) is 7.31. The van der Waals surface area contributed by atoms with Crippen LogP contribution in [0.25, 0.3) is 11.3 Å². The molecule has 0 amide bonds. The fraction of sp³-hybridized carbons (Fsp3) is 0.571. The van der Waals surface area contributed by atoms with Crippen LogP contribution in [-0.2, 0) is 0 Å². The second-order valence-electron chi connectivity index (χ2n) is 7.31. The molecule has 0 radical (unpaired) electrons. The number of likely N-dealkylation sites (tertiary alicyclic amines) is 1. The van der Waals surface area contributed by atoms with Crippen molar-refractivity contribution in [3.63, 3.8) is 0 Å². The smallest absolute Gasteiger partial charge is 0.164 e. The molecular formula is C21H29N3O3. The molecule has 27 heavy (non-hydrogen) atoms. The fourth-order valence-corrected chi connectivity index (χ4v) is 4.04. The lowest BCUT2D eigenvalue weighted by Gasteiger charge is -2.25. The number of aromatic nitrogens is 2. The minimum Gasteiger partial charge on any atom is -0.496 e. The van der Waals surface area contributed by atoms with Gasteiger partial charge in [-0.1, -0.05) is 6.92 Å². The largest absolute Gasteiger partial charge is 0.496 e. The monoisotopic (exact) mass is 371 g/mol. The fourth-order valence-electron chi connectivity index (χ4n) is 4.04. The third-order valence-electron chi connectivity index (χ3n) is 5.54. The van der Waals surface area contributed by atoms with E-state index >= 15 is 0 Å². The topological polar surface area (TPSA) is 48.8 Å². The molecule has 1 aromatic carbocycles. The standard InChI is InChI=1S/C21H29N3O3/c1-3-16(14-23-7-4-5-8-23)24-15-22-13-18(24)17-11-20-21(12-19(17)25-2)27-10-6-9-26-20/h11-13,15-16H,3-10,14H2,1-2H3/t16-/m1/s1. The average molecular weight is 371 g/mol. The summed E-state index contributed by atoms with van der Waals surface area (Å²) in [6.07, 6.45) is 8.44. The summed E-state index contributed by atoms with van der Waals surface area (Å²) in [6, 6.07) is 4.37. The van der Waals surface area contributed by atoms with Crippen molar-refractivity contribution in [3.8, 4) is 28.5 Å². The van der Waals surface area contributed by atoms with E-state index in [-0.39, 0.29) is 0 Å². The number of ether oxygens (including phenoxy) is 3. The Hall–Kier alpha value is -2.21. The number of fused-ring (bicyclic) bond motifs is 1. The summed E-state index contributed by atoms with van der Waals surface area (Å²) in [6.45, 7) is 7.05. The number of imidazole rings is 1. The van der Waals surface area contributed by atoms with Crippen molar-refractivity contribution >= 4 is 0 Å². The molecule has 2 aliphatic heterocycles. The van der Waals surface area contributed by atoms with Crippen LogP contribution in [0.3, 0.4) is 0 Å². The molecule has 0 unspecified atom stereocenters. The van der Waals surface area contributed by atoms with Gasteiger partial charge in [0, 0.05) is 30.6 Å². The summed E-state index contributed by atoms with van der Waals surface area (Å²) >= 11 is 0. The van der Waals surface area contributed by atoms with E-state index in [1.807, 2.05) is 24.7 Å². The molecule has 3 heterocycles. The number of hydrogen-bond acceptors (Lipinski definition) is 5. The molecule has 4 rings (SSSR count). The number of methoxy groups -OCH3 is 1. The van der Waals surface area contributed by atoms with Crippen LogP contribution in [0.1, 0.15) is 38.6 Å². The molecule has 0 saturated carbocycles. The van der Waals surface area contributed by atoms with Gasteiger partial charge in [-0.05, 0) is 38.4 Å². The third-order valence-corrected chi connectivity index (χ3v) is 5.54. The van der Waals surface area contributed by atoms with Gasteiger partial charge < -0.3 is 23.7 Å². The minimum absolute atomic E-state index is 0.390. The Morgan fingerprint density at radius 1 is 1.11 bits per heavy atom. The summed E-state index contributed by atoms with van der Waals surface area (Å²) in [5.41, 5.74) is 2.06. The third kappa shape index (κ3) is 3.76. The van der Waals surface area contributed by atoms with Crippen molar-refractivity contribution in [2.75, 3.05) is 40.0 Å². The molecule has 1 saturated heterocycles. The first-order chi connectivity index (χ1) is 13.3. The average Bonchev–Trinajstić information content (AvgIpc) is 3.33. The van der Waals surface area contributed by atoms with Gasteiger partial charge in [0.15, 0.2) is 11.5 Å². The molecule has 0 aliphatic carbocycles. The Bertz CT molecular complexity index is 768. The van der Waals surface area contributed by atoms with Gasteiger partial charge in [0.05, 0.1) is 38.5 Å². The van der Waals surface area contributed by atoms with E-state index in [4.69, 9.17) is 14.2 Å². The van der Waals surface area contributed by atoms with E-state index in [0.717, 1.165) is 47.9 Å². The Kier molecular flexibility index (Phi) is 5.53. The molecule has 2 aromatic rings. The summed E-state index contributed by atoms with van der Waals surface area (Å²) in [4.78, 5) is 7.02. The maximum Gasteiger partial charge on any atom is 0.164 e. The van der Waals surface area contributed by atoms with Crippen LogP contribution < -0.4 is 14.2 Å². The lowest BCUT2D eigenvalue weighted by atomic mass is 10.1. The highest BCUT2D eigenvalue weighted by Crippen LogP contribution is 2.41. The molecular weight excluding hydrogens is 342 g/mol. The molecule has 6 heteroatoms. The zero-order valence-electron chi connectivity index (χ0n) is 16.3. The highest BCUT2D eigenvalue weighted by Gasteiger charge is 2.23. The van der Waals surface area contributed by atoms with E-state index < -0.39 is 0 Å². The van der Waals surface area contributed by atoms with Crippen molar-refractivity contribution in [2.45, 2.75) is 38.6 Å². The van der Waals surface area contributed by atoms with Crippen LogP contribution in [-0.4, -0.2) is 54.4 Å². The van der Waals surface area contributed by atoms with Crippen LogP contribution in [0.15, 0.2) is 24.7 Å². The summed E-state index contributed by atoms with van der Waals surface area (Å²) in [7, 11) is 1.70. The maximum absolute atomic E-state index is 5.90. The predicted octanol–water partition coefficient (Wildman–Crippen LogP) is 3.77. The summed E-state index contributed by atoms with van der Waals surface area (Å²) in [5.74, 6) is 2.32. The van der Waals surface area contributed by atoms with Gasteiger partial charge in [0.25, 0.3) is 0 Å². The first-order valence-electron chi connectivity index (χ1n) is 10.0. The van der Waals surface area contributed by atoms with Gasteiger partial charge in [-0.3, -0.25) is 0 Å². The normalized spacial score (nSPS) is 18.3. The van der Waals surface area contributed by atoms with E-state index in [1.165, 1.54) is 25.9 Å². The SMILES string of the molecule is CC[C@H](CN1CCCC1)n1cncc1-c1cc2c(cc1OC)OCCCO2. The number of rotatable bonds is 6. The van der Waals surface area contributed by atoms with E-state index in [1.54, 1.807) is 7.11 Å². The highest BCUT2D eigenvalue weighted by atomic mass is 16.5. The number of hydrogen-bond donors (Lipinski definition) is 0. The predicted molar refractivity (Wildman–Crippen MR) is 105 cm³/mol. The Balaban J connectivity index is 1.69.